The second-order valence-electron chi connectivity index (χ2n) is 19.4. The van der Waals surface area contributed by atoms with Crippen molar-refractivity contribution in [1.29, 1.82) is 0 Å². The summed E-state index contributed by atoms with van der Waals surface area (Å²) in [6.45, 7) is 26.6. The summed E-state index contributed by atoms with van der Waals surface area (Å²) in [6.07, 6.45) is 1.89. The number of hydrogen-bond acceptors (Lipinski definition) is 4. The number of hydrogen-bond donors (Lipinski definition) is 1. The molecule has 6 aromatic carbocycles. The molecule has 0 aliphatic heterocycles. The number of aryl methyl sites for hydroxylation is 3. The first-order chi connectivity index (χ1) is 27.8. The van der Waals surface area contributed by atoms with Crippen LogP contribution in [0.15, 0.2) is 114 Å². The van der Waals surface area contributed by atoms with Crippen LogP contribution in [0.5, 0.6) is 5.75 Å². The van der Waals surface area contributed by atoms with E-state index in [0.29, 0.717) is 22.6 Å². The predicted octanol–water partition coefficient (Wildman–Crippen LogP) is 15.0. The zero-order chi connectivity index (χ0) is 42.2. The fourth-order valence-electron chi connectivity index (χ4n) is 8.50. The van der Waals surface area contributed by atoms with Gasteiger partial charge in [0.2, 0.25) is 5.89 Å². The molecule has 4 nitrogen and oxygen atoms in total. The molecule has 8 aromatic rings. The molecule has 5 heteroatoms. The van der Waals surface area contributed by atoms with Crippen molar-refractivity contribution in [2.75, 3.05) is 0 Å². The quantitative estimate of drug-likeness (QED) is 0.175. The number of pyridine rings is 1. The SMILES string of the molecule is Cc1cccc(C)c1-c1cc(-c2cc(-c3ccc(C(C)(C)C)cc3)cc3oc(-c4cc(C(C)(C)C)ccc4O)nc23)[c-]c(-c2cc(C(C)(C)C)c(C)c3cccnc23)c1.[Pt]. The molecule has 1 N–H and O–H groups in total. The molecule has 0 saturated heterocycles. The van der Waals surface area contributed by atoms with Gasteiger partial charge in [-0.2, -0.15) is 0 Å². The molecule has 0 aliphatic carbocycles. The van der Waals surface area contributed by atoms with Gasteiger partial charge >= 0.3 is 0 Å². The Kier molecular flexibility index (Phi) is 11.1. The van der Waals surface area contributed by atoms with Crippen molar-refractivity contribution >= 4 is 22.0 Å². The average Bonchev–Trinajstić information content (AvgIpc) is 3.61. The van der Waals surface area contributed by atoms with Crippen LogP contribution in [0.4, 0.5) is 0 Å². The Morgan fingerprint density at radius 2 is 1.18 bits per heavy atom. The third-order valence-electron chi connectivity index (χ3n) is 11.9. The molecule has 0 atom stereocenters. The molecule has 8 rings (SSSR count). The maximum atomic E-state index is 11.2. The van der Waals surface area contributed by atoms with Gasteiger partial charge in [-0.25, -0.2) is 4.98 Å². The molecule has 2 aromatic heterocycles. The van der Waals surface area contributed by atoms with E-state index in [-0.39, 0.29) is 43.1 Å². The minimum atomic E-state index is -0.132. The molecule has 0 unspecified atom stereocenters. The monoisotopic (exact) mass is 970 g/mol. The number of rotatable bonds is 5. The van der Waals surface area contributed by atoms with Crippen LogP contribution in [0.2, 0.25) is 0 Å². The van der Waals surface area contributed by atoms with Gasteiger partial charge in [0.05, 0.1) is 11.1 Å². The van der Waals surface area contributed by atoms with E-state index in [1.54, 1.807) is 6.07 Å². The number of phenolic OH excluding ortho intramolecular Hbond substituents is 1. The number of fused-ring (bicyclic) bond motifs is 2. The molecule has 0 radical (unpaired) electrons. The number of nitrogens with zero attached hydrogens (tertiary/aromatic N) is 2. The van der Waals surface area contributed by atoms with Crippen molar-refractivity contribution in [2.24, 2.45) is 0 Å². The Morgan fingerprint density at radius 3 is 1.80 bits per heavy atom. The van der Waals surface area contributed by atoms with Crippen LogP contribution >= 0.6 is 0 Å². The summed E-state index contributed by atoms with van der Waals surface area (Å²) in [7, 11) is 0. The number of phenols is 1. The van der Waals surface area contributed by atoms with E-state index in [2.05, 4.69) is 168 Å². The van der Waals surface area contributed by atoms with E-state index < -0.39 is 0 Å². The fraction of sp³-hybridized carbons (Fsp3) is 0.273. The number of benzene rings is 6. The second kappa shape index (κ2) is 15.6. The molecule has 0 aliphatic rings. The molecule has 0 bridgehead atoms. The van der Waals surface area contributed by atoms with Gasteiger partial charge in [-0.05, 0) is 117 Å². The summed E-state index contributed by atoms with van der Waals surface area (Å²) in [4.78, 5) is 10.2. The summed E-state index contributed by atoms with van der Waals surface area (Å²) >= 11 is 0. The van der Waals surface area contributed by atoms with Crippen molar-refractivity contribution in [3.05, 3.63) is 149 Å². The third kappa shape index (κ3) is 8.00. The summed E-state index contributed by atoms with van der Waals surface area (Å²) < 4.78 is 6.70. The van der Waals surface area contributed by atoms with Crippen LogP contribution < -0.4 is 0 Å². The van der Waals surface area contributed by atoms with Gasteiger partial charge < -0.3 is 9.52 Å². The summed E-state index contributed by atoms with van der Waals surface area (Å²) in [5.74, 6) is 0.503. The fourth-order valence-corrected chi connectivity index (χ4v) is 8.50. The van der Waals surface area contributed by atoms with Gasteiger partial charge in [-0.3, -0.25) is 4.98 Å². The van der Waals surface area contributed by atoms with Crippen LogP contribution in [0, 0.1) is 26.8 Å². The average molecular weight is 971 g/mol. The molecule has 2 heterocycles. The minimum Gasteiger partial charge on any atom is -0.507 e. The first kappa shape index (κ1) is 42.8. The zero-order valence-electron chi connectivity index (χ0n) is 37.0. The third-order valence-corrected chi connectivity index (χ3v) is 11.9. The number of aromatic nitrogens is 2. The van der Waals surface area contributed by atoms with Crippen LogP contribution in [0.3, 0.4) is 0 Å². The van der Waals surface area contributed by atoms with Crippen molar-refractivity contribution in [1.82, 2.24) is 9.97 Å². The molecule has 60 heavy (non-hydrogen) atoms. The van der Waals surface area contributed by atoms with Gasteiger partial charge in [-0.1, -0.05) is 146 Å². The number of aromatic hydroxyl groups is 1. The summed E-state index contributed by atoms with van der Waals surface area (Å²) in [5, 5.41) is 12.4. The normalized spacial score (nSPS) is 12.3. The largest absolute Gasteiger partial charge is 0.507 e. The Hall–Kier alpha value is -5.31. The number of oxazole rings is 1. The first-order valence-electron chi connectivity index (χ1n) is 20.7. The maximum Gasteiger partial charge on any atom is 0.230 e. The van der Waals surface area contributed by atoms with Gasteiger partial charge in [-0.15, -0.1) is 29.3 Å². The van der Waals surface area contributed by atoms with Gasteiger partial charge in [0, 0.05) is 32.8 Å². The molecule has 308 valence electrons. The molecule has 0 fully saturated rings. The van der Waals surface area contributed by atoms with E-state index in [0.717, 1.165) is 55.4 Å². The summed E-state index contributed by atoms with van der Waals surface area (Å²) in [6, 6.07) is 40.3. The Morgan fingerprint density at radius 1 is 0.567 bits per heavy atom. The van der Waals surface area contributed by atoms with Crippen molar-refractivity contribution in [3.8, 4) is 61.7 Å². The van der Waals surface area contributed by atoms with Crippen LogP contribution in [0.1, 0.15) is 95.7 Å². The smallest absolute Gasteiger partial charge is 0.230 e. The van der Waals surface area contributed by atoms with E-state index in [4.69, 9.17) is 14.4 Å². The van der Waals surface area contributed by atoms with Crippen molar-refractivity contribution < 1.29 is 30.6 Å². The molecule has 0 saturated carbocycles. The summed E-state index contributed by atoms with van der Waals surface area (Å²) in [5.41, 5.74) is 18.1. The molecular formula is C55H55N2O2Pt-. The van der Waals surface area contributed by atoms with E-state index in [1.165, 1.54) is 33.4 Å². The molecule has 0 amide bonds. The van der Waals surface area contributed by atoms with Crippen molar-refractivity contribution in [3.63, 3.8) is 0 Å². The van der Waals surface area contributed by atoms with Crippen molar-refractivity contribution in [2.45, 2.75) is 99.3 Å². The maximum absolute atomic E-state index is 11.2. The van der Waals surface area contributed by atoms with E-state index in [1.807, 2.05) is 24.4 Å². The zero-order valence-corrected chi connectivity index (χ0v) is 39.2. The van der Waals surface area contributed by atoms with Gasteiger partial charge in [0.1, 0.15) is 11.3 Å². The van der Waals surface area contributed by atoms with Gasteiger partial charge in [0.15, 0.2) is 0 Å². The first-order valence-corrected chi connectivity index (χ1v) is 20.7. The standard InChI is InChI=1S/C55H55N2O2.Pt/c1-32-15-13-16-33(2)49(32)39-26-37(25-38(27-39)44-31-46(55(10,11)12)34(3)42-17-14-24-56-50(42)44)43-28-36(35-18-20-40(21-19-35)53(4,5)6)29-48-51(43)57-52(59-48)45-30-41(54(7,8)9)22-23-47(45)58;/h13-24,26-31,58H,1-12H3;/q-1;. The Balaban J connectivity index is 0.00000544. The Labute approximate surface area is 370 Å². The second-order valence-corrected chi connectivity index (χ2v) is 19.4. The van der Waals surface area contributed by atoms with E-state index in [9.17, 15) is 5.11 Å². The predicted molar refractivity (Wildman–Crippen MR) is 247 cm³/mol. The molecule has 0 spiro atoms. The topological polar surface area (TPSA) is 59.2 Å². The van der Waals surface area contributed by atoms with Gasteiger partial charge in [0.25, 0.3) is 0 Å². The molecular weight excluding hydrogens is 916 g/mol. The van der Waals surface area contributed by atoms with E-state index >= 15 is 0 Å². The minimum absolute atomic E-state index is 0. The van der Waals surface area contributed by atoms with Crippen LogP contribution in [-0.2, 0) is 37.3 Å². The van der Waals surface area contributed by atoms with Crippen LogP contribution in [0.25, 0.3) is 78.0 Å². The van der Waals surface area contributed by atoms with Crippen LogP contribution in [-0.4, -0.2) is 15.1 Å². The Bertz CT molecular complexity index is 2900.